The molecule has 0 saturated heterocycles. The Morgan fingerprint density at radius 1 is 0.694 bits per heavy atom. The van der Waals surface area contributed by atoms with Gasteiger partial charge in [0, 0.05) is 16.8 Å². The van der Waals surface area contributed by atoms with Gasteiger partial charge in [-0.3, -0.25) is 4.79 Å². The number of nitrogens with one attached hydrogen (secondary N) is 1. The third kappa shape index (κ3) is 8.08. The zero-order chi connectivity index (χ0) is 24.8. The van der Waals surface area contributed by atoms with Crippen LogP contribution in [-0.4, -0.2) is 11.6 Å². The van der Waals surface area contributed by atoms with Crippen LogP contribution in [0.3, 0.4) is 0 Å². The van der Waals surface area contributed by atoms with E-state index in [2.05, 4.69) is 28.7 Å². The lowest BCUT2D eigenvalue weighted by atomic mass is 10.00. The van der Waals surface area contributed by atoms with E-state index in [1.165, 1.54) is 44.9 Å². The molecule has 0 unspecified atom stereocenters. The van der Waals surface area contributed by atoms with Gasteiger partial charge in [-0.2, -0.15) is 5.10 Å². The van der Waals surface area contributed by atoms with Gasteiger partial charge in [-0.1, -0.05) is 106 Å². The molecule has 188 valence electrons. The number of carbonyl (C=O) groups is 1. The largest absolute Gasteiger partial charge is 0.488 e. The normalized spacial score (nSPS) is 15.3. The van der Waals surface area contributed by atoms with Crippen LogP contribution >= 0.6 is 0 Å². The number of amides is 1. The zero-order valence-corrected chi connectivity index (χ0v) is 21.3. The van der Waals surface area contributed by atoms with E-state index in [9.17, 15) is 4.79 Å². The molecular weight excluding hydrogens is 444 g/mol. The average Bonchev–Trinajstić information content (AvgIpc) is 2.92. The van der Waals surface area contributed by atoms with Crippen LogP contribution in [0.1, 0.15) is 86.6 Å². The summed E-state index contributed by atoms with van der Waals surface area (Å²) in [5.74, 6) is 0.689. The van der Waals surface area contributed by atoms with Crippen LogP contribution < -0.4 is 10.2 Å². The molecule has 0 radical (unpaired) electrons. The first-order chi connectivity index (χ1) is 17.8. The monoisotopic (exact) mass is 482 g/mol. The molecule has 1 aliphatic carbocycles. The molecule has 0 spiro atoms. The molecule has 1 aliphatic rings. The van der Waals surface area contributed by atoms with E-state index in [-0.39, 0.29) is 5.91 Å². The van der Waals surface area contributed by atoms with Gasteiger partial charge in [-0.15, -0.1) is 0 Å². The Balaban J connectivity index is 1.31. The molecule has 0 aromatic heterocycles. The van der Waals surface area contributed by atoms with Crippen molar-refractivity contribution in [3.63, 3.8) is 0 Å². The fourth-order valence-electron chi connectivity index (χ4n) is 4.69. The first kappa shape index (κ1) is 25.7. The van der Waals surface area contributed by atoms with Crippen molar-refractivity contribution in [1.82, 2.24) is 5.43 Å². The Bertz CT molecular complexity index is 1090. The molecule has 4 rings (SSSR count). The van der Waals surface area contributed by atoms with E-state index in [1.807, 2.05) is 60.7 Å². The first-order valence-corrected chi connectivity index (χ1v) is 13.5. The Morgan fingerprint density at radius 3 is 1.94 bits per heavy atom. The summed E-state index contributed by atoms with van der Waals surface area (Å²) in [4.78, 5) is 12.7. The molecule has 1 fully saturated rings. The third-order valence-electron chi connectivity index (χ3n) is 6.83. The number of ether oxygens (including phenoxy) is 1. The quantitative estimate of drug-likeness (QED) is 0.359. The molecule has 1 saturated carbocycles. The highest BCUT2D eigenvalue weighted by Crippen LogP contribution is 2.30. The van der Waals surface area contributed by atoms with E-state index < -0.39 is 0 Å². The van der Waals surface area contributed by atoms with Crippen molar-refractivity contribution in [1.29, 1.82) is 0 Å². The lowest BCUT2D eigenvalue weighted by Crippen LogP contribution is -2.20. The maximum Gasteiger partial charge on any atom is 0.271 e. The van der Waals surface area contributed by atoms with Crippen LogP contribution in [-0.2, 0) is 6.61 Å². The van der Waals surface area contributed by atoms with Gasteiger partial charge in [-0.05, 0) is 55.0 Å². The second-order valence-corrected chi connectivity index (χ2v) is 9.65. The molecular formula is C32H38N2O2. The summed E-state index contributed by atoms with van der Waals surface area (Å²) in [5.41, 5.74) is 7.76. The van der Waals surface area contributed by atoms with Gasteiger partial charge in [0.2, 0.25) is 0 Å². The van der Waals surface area contributed by atoms with Gasteiger partial charge in [-0.25, -0.2) is 5.43 Å². The number of rotatable bonds is 6. The molecule has 0 heterocycles. The second kappa shape index (κ2) is 14.2. The number of carbonyl (C=O) groups excluding carboxylic acids is 1. The van der Waals surface area contributed by atoms with Gasteiger partial charge in [0.1, 0.15) is 12.4 Å². The summed E-state index contributed by atoms with van der Waals surface area (Å²) >= 11 is 0. The van der Waals surface area contributed by atoms with Crippen LogP contribution in [0.5, 0.6) is 5.75 Å². The lowest BCUT2D eigenvalue weighted by molar-refractivity contribution is 0.0954. The molecule has 3 aromatic carbocycles. The smallest absolute Gasteiger partial charge is 0.271 e. The Morgan fingerprint density at radius 2 is 1.28 bits per heavy atom. The number of benzene rings is 3. The summed E-state index contributed by atoms with van der Waals surface area (Å²) in [6.45, 7) is 0.439. The summed E-state index contributed by atoms with van der Waals surface area (Å²) in [7, 11) is 0. The van der Waals surface area contributed by atoms with Crippen molar-refractivity contribution >= 4 is 11.6 Å². The third-order valence-corrected chi connectivity index (χ3v) is 6.83. The number of hydrogen-bond donors (Lipinski definition) is 1. The van der Waals surface area contributed by atoms with Gasteiger partial charge in [0.15, 0.2) is 0 Å². The summed E-state index contributed by atoms with van der Waals surface area (Å²) in [6.07, 6.45) is 13.5. The highest BCUT2D eigenvalue weighted by atomic mass is 16.5. The van der Waals surface area contributed by atoms with Gasteiger partial charge < -0.3 is 4.74 Å². The summed E-state index contributed by atoms with van der Waals surface area (Å²) in [6, 6.07) is 25.9. The summed E-state index contributed by atoms with van der Waals surface area (Å²) < 4.78 is 6.14. The number of para-hydroxylation sites is 1. The molecule has 4 nitrogen and oxygen atoms in total. The van der Waals surface area contributed by atoms with E-state index in [0.29, 0.717) is 12.2 Å². The van der Waals surface area contributed by atoms with Crippen molar-refractivity contribution in [2.24, 2.45) is 5.10 Å². The van der Waals surface area contributed by atoms with Crippen molar-refractivity contribution in [3.8, 4) is 16.9 Å². The maximum atomic E-state index is 12.7. The molecule has 0 aliphatic heterocycles. The molecule has 3 aromatic rings. The van der Waals surface area contributed by atoms with Crippen LogP contribution in [0.4, 0.5) is 0 Å². The Hall–Kier alpha value is -3.40. The van der Waals surface area contributed by atoms with Crippen LogP contribution in [0, 0.1) is 0 Å². The average molecular weight is 483 g/mol. The first-order valence-electron chi connectivity index (χ1n) is 13.5. The van der Waals surface area contributed by atoms with Gasteiger partial charge in [0.05, 0.1) is 0 Å². The number of hydrogen-bond acceptors (Lipinski definition) is 3. The summed E-state index contributed by atoms with van der Waals surface area (Å²) in [5, 5.41) is 4.52. The molecule has 0 bridgehead atoms. The molecule has 0 atom stereocenters. The lowest BCUT2D eigenvalue weighted by Gasteiger charge is -2.12. The van der Waals surface area contributed by atoms with Gasteiger partial charge >= 0.3 is 0 Å². The molecule has 4 heteroatoms. The molecule has 1 N–H and O–H groups in total. The van der Waals surface area contributed by atoms with E-state index in [0.717, 1.165) is 53.8 Å². The van der Waals surface area contributed by atoms with Crippen molar-refractivity contribution < 1.29 is 9.53 Å². The molecule has 1 amide bonds. The highest BCUT2D eigenvalue weighted by Gasteiger charge is 2.09. The fraction of sp³-hybridized carbons (Fsp3) is 0.375. The van der Waals surface area contributed by atoms with Crippen molar-refractivity contribution in [3.05, 3.63) is 90.0 Å². The minimum absolute atomic E-state index is 0.157. The fourth-order valence-corrected chi connectivity index (χ4v) is 4.69. The number of nitrogens with zero attached hydrogens (tertiary/aromatic N) is 1. The van der Waals surface area contributed by atoms with E-state index >= 15 is 0 Å². The van der Waals surface area contributed by atoms with E-state index in [1.54, 1.807) is 0 Å². The molecule has 36 heavy (non-hydrogen) atoms. The Labute approximate surface area is 215 Å². The van der Waals surface area contributed by atoms with E-state index in [4.69, 9.17) is 4.74 Å². The predicted octanol–water partition coefficient (Wildman–Crippen LogP) is 8.32. The SMILES string of the molecule is O=C(NN=C1CCCCCCCCCCC1)c1ccc(COc2ccccc2-c2ccccc2)cc1. The standard InChI is InChI=1S/C32H38N2O2/c35-32(34-33-29-17-11-6-4-2-1-3-5-7-12-18-29)28-23-21-26(22-24-28)25-36-31-20-14-13-19-30(31)27-15-9-8-10-16-27/h8-10,13-16,19-24H,1-7,11-12,17-18,25H2,(H,34,35). The maximum absolute atomic E-state index is 12.7. The predicted molar refractivity (Wildman–Crippen MR) is 148 cm³/mol. The Kier molecular flexibility index (Phi) is 10.2. The van der Waals surface area contributed by atoms with Gasteiger partial charge in [0.25, 0.3) is 5.91 Å². The van der Waals surface area contributed by atoms with Crippen LogP contribution in [0.25, 0.3) is 11.1 Å². The number of hydrazone groups is 1. The van der Waals surface area contributed by atoms with Crippen LogP contribution in [0.2, 0.25) is 0 Å². The van der Waals surface area contributed by atoms with Crippen molar-refractivity contribution in [2.45, 2.75) is 77.2 Å². The van der Waals surface area contributed by atoms with Crippen LogP contribution in [0.15, 0.2) is 84.0 Å². The second-order valence-electron chi connectivity index (χ2n) is 9.65. The van der Waals surface area contributed by atoms with Crippen molar-refractivity contribution in [2.75, 3.05) is 0 Å². The topological polar surface area (TPSA) is 50.7 Å². The highest BCUT2D eigenvalue weighted by molar-refractivity contribution is 5.95. The minimum atomic E-state index is -0.157. The zero-order valence-electron chi connectivity index (χ0n) is 21.3. The minimum Gasteiger partial charge on any atom is -0.488 e.